The molecule has 0 aromatic heterocycles. The van der Waals surface area contributed by atoms with Gasteiger partial charge in [0.2, 0.25) is 0 Å². The molecule has 0 heterocycles. The van der Waals surface area contributed by atoms with Crippen LogP contribution >= 0.6 is 0 Å². The van der Waals surface area contributed by atoms with Gasteiger partial charge < -0.3 is 10.5 Å². The molecule has 2 N–H and O–H groups in total. The summed E-state index contributed by atoms with van der Waals surface area (Å²) in [6.07, 6.45) is 9.02. The van der Waals surface area contributed by atoms with E-state index in [1.165, 1.54) is 6.42 Å². The van der Waals surface area contributed by atoms with Crippen LogP contribution in [0.4, 0.5) is 0 Å². The molecular formula is C15H23NO. The number of hydrogen-bond acceptors (Lipinski definition) is 2. The second-order valence-electron chi connectivity index (χ2n) is 4.08. The number of unbranched alkanes of at least 4 members (excludes halogenated alkanes) is 2. The van der Waals surface area contributed by atoms with Gasteiger partial charge >= 0.3 is 0 Å². The third kappa shape index (κ3) is 6.12. The Morgan fingerprint density at radius 3 is 2.88 bits per heavy atom. The van der Waals surface area contributed by atoms with Crippen molar-refractivity contribution in [3.05, 3.63) is 42.0 Å². The molecule has 0 bridgehead atoms. The maximum atomic E-state index is 5.68. The number of rotatable bonds is 8. The van der Waals surface area contributed by atoms with Gasteiger partial charge in [-0.3, -0.25) is 0 Å². The summed E-state index contributed by atoms with van der Waals surface area (Å²) >= 11 is 0. The molecule has 0 aliphatic carbocycles. The lowest BCUT2D eigenvalue weighted by Crippen LogP contribution is -1.99. The molecule has 0 aliphatic rings. The molecule has 17 heavy (non-hydrogen) atoms. The van der Waals surface area contributed by atoms with Crippen LogP contribution in [0.2, 0.25) is 0 Å². The largest absolute Gasteiger partial charge is 0.494 e. The molecule has 2 heteroatoms. The predicted octanol–water partition coefficient (Wildman–Crippen LogP) is 3.66. The molecule has 0 saturated heterocycles. The van der Waals surface area contributed by atoms with Crippen molar-refractivity contribution >= 4 is 0 Å². The van der Waals surface area contributed by atoms with E-state index >= 15 is 0 Å². The van der Waals surface area contributed by atoms with Crippen molar-refractivity contribution in [3.63, 3.8) is 0 Å². The Morgan fingerprint density at radius 1 is 1.24 bits per heavy atom. The summed E-state index contributed by atoms with van der Waals surface area (Å²) in [5.41, 5.74) is 6.70. The lowest BCUT2D eigenvalue weighted by atomic mass is 10.2. The third-order valence-corrected chi connectivity index (χ3v) is 2.57. The first-order valence-electron chi connectivity index (χ1n) is 6.43. The molecule has 0 fully saturated rings. The number of allylic oxidation sites excluding steroid dienone is 2. The highest BCUT2D eigenvalue weighted by Crippen LogP contribution is 2.13. The van der Waals surface area contributed by atoms with Gasteiger partial charge in [-0.15, -0.1) is 0 Å². The SMILES string of the molecule is CCC=CCCCCOc1cccc(CN)c1. The van der Waals surface area contributed by atoms with Gasteiger partial charge in [0.15, 0.2) is 0 Å². The van der Waals surface area contributed by atoms with E-state index in [1.807, 2.05) is 24.3 Å². The molecule has 0 unspecified atom stereocenters. The first-order valence-corrected chi connectivity index (χ1v) is 6.43. The predicted molar refractivity (Wildman–Crippen MR) is 73.1 cm³/mol. The monoisotopic (exact) mass is 233 g/mol. The average molecular weight is 233 g/mol. The third-order valence-electron chi connectivity index (χ3n) is 2.57. The first-order chi connectivity index (χ1) is 8.36. The molecule has 1 aromatic rings. The van der Waals surface area contributed by atoms with Crippen molar-refractivity contribution in [2.45, 2.75) is 39.2 Å². The summed E-state index contributed by atoms with van der Waals surface area (Å²) in [5, 5.41) is 0. The van der Waals surface area contributed by atoms with Crippen LogP contribution in [0.15, 0.2) is 36.4 Å². The lowest BCUT2D eigenvalue weighted by Gasteiger charge is -2.06. The zero-order chi connectivity index (χ0) is 12.3. The molecule has 0 spiro atoms. The molecular weight excluding hydrogens is 210 g/mol. The number of hydrogen-bond donors (Lipinski definition) is 1. The second-order valence-corrected chi connectivity index (χ2v) is 4.08. The van der Waals surface area contributed by atoms with Gasteiger partial charge in [-0.1, -0.05) is 31.2 Å². The van der Waals surface area contributed by atoms with E-state index in [-0.39, 0.29) is 0 Å². The number of benzene rings is 1. The Bertz CT molecular complexity index is 333. The molecule has 0 aliphatic heterocycles. The zero-order valence-electron chi connectivity index (χ0n) is 10.7. The van der Waals surface area contributed by atoms with Crippen LogP contribution in [0.25, 0.3) is 0 Å². The smallest absolute Gasteiger partial charge is 0.119 e. The summed E-state index contributed by atoms with van der Waals surface area (Å²) in [6.45, 7) is 3.51. The number of ether oxygens (including phenoxy) is 1. The fraction of sp³-hybridized carbons (Fsp3) is 0.467. The van der Waals surface area contributed by atoms with E-state index in [0.29, 0.717) is 6.54 Å². The highest BCUT2D eigenvalue weighted by Gasteiger charge is 1.95. The standard InChI is InChI=1S/C15H23NO/c1-2-3-4-5-6-7-11-17-15-10-8-9-14(12-15)13-16/h3-4,8-10,12H,2,5-7,11,13,16H2,1H3. The first kappa shape index (κ1) is 13.8. The molecule has 0 atom stereocenters. The van der Waals surface area contributed by atoms with Gasteiger partial charge in [-0.05, 0) is 43.4 Å². The Morgan fingerprint density at radius 2 is 2.12 bits per heavy atom. The Balaban J connectivity index is 2.15. The van der Waals surface area contributed by atoms with E-state index in [0.717, 1.165) is 37.2 Å². The van der Waals surface area contributed by atoms with Crippen LogP contribution in [0, 0.1) is 0 Å². The minimum atomic E-state index is 0.568. The molecule has 0 radical (unpaired) electrons. The average Bonchev–Trinajstić information content (AvgIpc) is 2.38. The van der Waals surface area contributed by atoms with Crippen molar-refractivity contribution in [2.24, 2.45) is 5.73 Å². The summed E-state index contributed by atoms with van der Waals surface area (Å²) in [5.74, 6) is 0.928. The minimum absolute atomic E-state index is 0.568. The summed E-state index contributed by atoms with van der Waals surface area (Å²) in [4.78, 5) is 0. The van der Waals surface area contributed by atoms with Gasteiger partial charge in [0.1, 0.15) is 5.75 Å². The van der Waals surface area contributed by atoms with Crippen LogP contribution in [0.1, 0.15) is 38.2 Å². The molecule has 1 rings (SSSR count). The Kier molecular flexibility index (Phi) is 7.15. The quantitative estimate of drug-likeness (QED) is 0.549. The van der Waals surface area contributed by atoms with Gasteiger partial charge in [0, 0.05) is 6.54 Å². The van der Waals surface area contributed by atoms with Gasteiger partial charge in [-0.2, -0.15) is 0 Å². The minimum Gasteiger partial charge on any atom is -0.494 e. The summed E-state index contributed by atoms with van der Waals surface area (Å²) < 4.78 is 5.68. The van der Waals surface area contributed by atoms with Crippen molar-refractivity contribution in [1.82, 2.24) is 0 Å². The number of nitrogens with two attached hydrogens (primary N) is 1. The lowest BCUT2D eigenvalue weighted by molar-refractivity contribution is 0.307. The van der Waals surface area contributed by atoms with Crippen LogP contribution in [-0.2, 0) is 6.54 Å². The van der Waals surface area contributed by atoms with Crippen LogP contribution in [0.3, 0.4) is 0 Å². The summed E-state index contributed by atoms with van der Waals surface area (Å²) in [7, 11) is 0. The normalized spacial score (nSPS) is 10.9. The van der Waals surface area contributed by atoms with Gasteiger partial charge in [0.25, 0.3) is 0 Å². The second kappa shape index (κ2) is 8.82. The molecule has 0 amide bonds. The zero-order valence-corrected chi connectivity index (χ0v) is 10.7. The van der Waals surface area contributed by atoms with E-state index in [2.05, 4.69) is 19.1 Å². The van der Waals surface area contributed by atoms with E-state index in [9.17, 15) is 0 Å². The molecule has 2 nitrogen and oxygen atoms in total. The van der Waals surface area contributed by atoms with Crippen molar-refractivity contribution in [1.29, 1.82) is 0 Å². The highest BCUT2D eigenvalue weighted by molar-refractivity contribution is 5.28. The van der Waals surface area contributed by atoms with E-state index in [1.54, 1.807) is 0 Å². The highest BCUT2D eigenvalue weighted by atomic mass is 16.5. The topological polar surface area (TPSA) is 35.2 Å². The van der Waals surface area contributed by atoms with Gasteiger partial charge in [-0.25, -0.2) is 0 Å². The van der Waals surface area contributed by atoms with E-state index in [4.69, 9.17) is 10.5 Å². The Labute approximate surface area is 104 Å². The maximum absolute atomic E-state index is 5.68. The maximum Gasteiger partial charge on any atom is 0.119 e. The Hall–Kier alpha value is -1.28. The van der Waals surface area contributed by atoms with Crippen LogP contribution in [-0.4, -0.2) is 6.61 Å². The molecule has 94 valence electrons. The summed E-state index contributed by atoms with van der Waals surface area (Å²) in [6, 6.07) is 8.00. The van der Waals surface area contributed by atoms with Crippen LogP contribution < -0.4 is 10.5 Å². The fourth-order valence-electron chi connectivity index (χ4n) is 1.60. The molecule has 1 aromatic carbocycles. The van der Waals surface area contributed by atoms with Gasteiger partial charge in [0.05, 0.1) is 6.61 Å². The fourth-order valence-corrected chi connectivity index (χ4v) is 1.60. The van der Waals surface area contributed by atoms with Crippen molar-refractivity contribution in [3.8, 4) is 5.75 Å². The van der Waals surface area contributed by atoms with E-state index < -0.39 is 0 Å². The molecule has 0 saturated carbocycles. The van der Waals surface area contributed by atoms with Crippen molar-refractivity contribution in [2.75, 3.05) is 6.61 Å². The van der Waals surface area contributed by atoms with Crippen molar-refractivity contribution < 1.29 is 4.74 Å². The van der Waals surface area contributed by atoms with Crippen LogP contribution in [0.5, 0.6) is 5.75 Å².